The van der Waals surface area contributed by atoms with Crippen LogP contribution in [0, 0.1) is 11.3 Å². The number of H-pyrrole nitrogens is 1. The van der Waals surface area contributed by atoms with Crippen LogP contribution >= 0.6 is 0 Å². The molecule has 0 spiro atoms. The Bertz CT molecular complexity index is 462. The minimum Gasteiger partial charge on any atom is -0.458 e. The molecule has 4 nitrogen and oxygen atoms in total. The van der Waals surface area contributed by atoms with Gasteiger partial charge in [0, 0.05) is 11.9 Å². The van der Waals surface area contributed by atoms with E-state index in [0.717, 1.165) is 31.4 Å². The zero-order chi connectivity index (χ0) is 12.8. The predicted molar refractivity (Wildman–Crippen MR) is 67.3 cm³/mol. The SMILES string of the molecule is N#C/C(=C\c1ccc[nH]1)C(=O)OC1CCCCC1. The van der Waals surface area contributed by atoms with E-state index in [0.29, 0.717) is 0 Å². The Hall–Kier alpha value is -2.02. The second-order valence-electron chi connectivity index (χ2n) is 4.46. The van der Waals surface area contributed by atoms with Crippen molar-refractivity contribution in [2.45, 2.75) is 38.2 Å². The molecule has 0 radical (unpaired) electrons. The number of carbonyl (C=O) groups is 1. The van der Waals surface area contributed by atoms with Crippen LogP contribution < -0.4 is 0 Å². The lowest BCUT2D eigenvalue weighted by atomic mass is 9.98. The van der Waals surface area contributed by atoms with Crippen molar-refractivity contribution in [3.8, 4) is 6.07 Å². The van der Waals surface area contributed by atoms with Gasteiger partial charge in [-0.2, -0.15) is 5.26 Å². The molecule has 1 heterocycles. The minimum absolute atomic E-state index is 0.0216. The molecule has 0 aromatic carbocycles. The number of nitrogens with one attached hydrogen (secondary N) is 1. The van der Waals surface area contributed by atoms with E-state index in [1.54, 1.807) is 12.3 Å². The number of hydrogen-bond acceptors (Lipinski definition) is 3. The molecule has 1 fully saturated rings. The van der Waals surface area contributed by atoms with Crippen LogP contribution in [0.1, 0.15) is 37.8 Å². The van der Waals surface area contributed by atoms with E-state index < -0.39 is 5.97 Å². The molecule has 1 aromatic rings. The molecule has 0 aliphatic heterocycles. The van der Waals surface area contributed by atoms with E-state index in [2.05, 4.69) is 4.98 Å². The lowest BCUT2D eigenvalue weighted by molar-refractivity contribution is -0.145. The van der Waals surface area contributed by atoms with Gasteiger partial charge in [-0.05, 0) is 43.9 Å². The van der Waals surface area contributed by atoms with Crippen LogP contribution in [0.5, 0.6) is 0 Å². The number of ether oxygens (including phenoxy) is 1. The first-order chi connectivity index (χ1) is 8.79. The van der Waals surface area contributed by atoms with Gasteiger partial charge in [0.2, 0.25) is 0 Å². The van der Waals surface area contributed by atoms with Gasteiger partial charge in [-0.3, -0.25) is 0 Å². The molecular formula is C14H16N2O2. The molecule has 0 unspecified atom stereocenters. The van der Waals surface area contributed by atoms with Crippen molar-refractivity contribution >= 4 is 12.0 Å². The van der Waals surface area contributed by atoms with E-state index in [4.69, 9.17) is 10.00 Å². The fourth-order valence-corrected chi connectivity index (χ4v) is 2.12. The smallest absolute Gasteiger partial charge is 0.349 e. The van der Waals surface area contributed by atoms with Crippen molar-refractivity contribution in [1.82, 2.24) is 4.98 Å². The summed E-state index contributed by atoms with van der Waals surface area (Å²) >= 11 is 0. The van der Waals surface area contributed by atoms with Gasteiger partial charge in [-0.15, -0.1) is 0 Å². The third-order valence-corrected chi connectivity index (χ3v) is 3.09. The molecule has 0 saturated heterocycles. The molecular weight excluding hydrogens is 228 g/mol. The van der Waals surface area contributed by atoms with Crippen LogP contribution in [0.3, 0.4) is 0 Å². The number of rotatable bonds is 3. The van der Waals surface area contributed by atoms with Gasteiger partial charge in [-0.1, -0.05) is 6.42 Å². The minimum atomic E-state index is -0.515. The molecule has 1 aliphatic rings. The van der Waals surface area contributed by atoms with Gasteiger partial charge < -0.3 is 9.72 Å². The number of carbonyl (C=O) groups excluding carboxylic acids is 1. The Morgan fingerprint density at radius 2 is 2.22 bits per heavy atom. The first-order valence-corrected chi connectivity index (χ1v) is 6.26. The molecule has 1 aliphatic carbocycles. The Morgan fingerprint density at radius 3 is 2.83 bits per heavy atom. The fraction of sp³-hybridized carbons (Fsp3) is 0.429. The summed E-state index contributed by atoms with van der Waals surface area (Å²) in [4.78, 5) is 14.8. The van der Waals surface area contributed by atoms with Crippen molar-refractivity contribution in [3.05, 3.63) is 29.6 Å². The largest absolute Gasteiger partial charge is 0.458 e. The Kier molecular flexibility index (Phi) is 4.19. The molecule has 0 bridgehead atoms. The van der Waals surface area contributed by atoms with Crippen molar-refractivity contribution in [3.63, 3.8) is 0 Å². The van der Waals surface area contributed by atoms with Crippen LogP contribution in [-0.2, 0) is 9.53 Å². The summed E-state index contributed by atoms with van der Waals surface area (Å²) in [6.45, 7) is 0. The van der Waals surface area contributed by atoms with E-state index >= 15 is 0 Å². The molecule has 2 rings (SSSR count). The van der Waals surface area contributed by atoms with Gasteiger partial charge in [0.1, 0.15) is 17.7 Å². The maximum atomic E-state index is 11.8. The van der Waals surface area contributed by atoms with Crippen molar-refractivity contribution in [2.24, 2.45) is 0 Å². The summed E-state index contributed by atoms with van der Waals surface area (Å²) < 4.78 is 5.35. The fourth-order valence-electron chi connectivity index (χ4n) is 2.12. The lowest BCUT2D eigenvalue weighted by Crippen LogP contribution is -2.21. The molecule has 94 valence electrons. The van der Waals surface area contributed by atoms with Gasteiger partial charge in [0.25, 0.3) is 0 Å². The third kappa shape index (κ3) is 3.24. The number of hydrogen-bond donors (Lipinski definition) is 1. The number of aromatic nitrogens is 1. The number of nitrogens with zero attached hydrogens (tertiary/aromatic N) is 1. The predicted octanol–water partition coefficient (Wildman–Crippen LogP) is 2.80. The Labute approximate surface area is 106 Å². The summed E-state index contributed by atoms with van der Waals surface area (Å²) in [7, 11) is 0. The molecule has 1 N–H and O–H groups in total. The highest BCUT2D eigenvalue weighted by molar-refractivity contribution is 5.97. The van der Waals surface area contributed by atoms with Crippen molar-refractivity contribution in [2.75, 3.05) is 0 Å². The van der Waals surface area contributed by atoms with Crippen molar-refractivity contribution < 1.29 is 9.53 Å². The van der Waals surface area contributed by atoms with Crippen LogP contribution in [0.4, 0.5) is 0 Å². The van der Waals surface area contributed by atoms with E-state index in [9.17, 15) is 4.79 Å². The second kappa shape index (κ2) is 6.06. The Balaban J connectivity index is 2.00. The third-order valence-electron chi connectivity index (χ3n) is 3.09. The van der Waals surface area contributed by atoms with E-state index in [1.807, 2.05) is 12.1 Å². The van der Waals surface area contributed by atoms with Crippen molar-refractivity contribution in [1.29, 1.82) is 5.26 Å². The monoisotopic (exact) mass is 244 g/mol. The maximum Gasteiger partial charge on any atom is 0.349 e. The maximum absolute atomic E-state index is 11.8. The highest BCUT2D eigenvalue weighted by atomic mass is 16.5. The first kappa shape index (κ1) is 12.4. The molecule has 0 atom stereocenters. The highest BCUT2D eigenvalue weighted by Gasteiger charge is 2.20. The van der Waals surface area contributed by atoms with Crippen LogP contribution in [0.2, 0.25) is 0 Å². The summed E-state index contributed by atoms with van der Waals surface area (Å²) in [5.41, 5.74) is 0.773. The zero-order valence-electron chi connectivity index (χ0n) is 10.2. The highest BCUT2D eigenvalue weighted by Crippen LogP contribution is 2.21. The molecule has 1 aromatic heterocycles. The normalized spacial score (nSPS) is 17.2. The van der Waals surface area contributed by atoms with Gasteiger partial charge in [0.05, 0.1) is 0 Å². The van der Waals surface area contributed by atoms with Crippen LogP contribution in [-0.4, -0.2) is 17.1 Å². The van der Waals surface area contributed by atoms with Gasteiger partial charge in [0.15, 0.2) is 0 Å². The second-order valence-corrected chi connectivity index (χ2v) is 4.46. The van der Waals surface area contributed by atoms with E-state index in [-0.39, 0.29) is 11.7 Å². The number of nitriles is 1. The molecule has 18 heavy (non-hydrogen) atoms. The average Bonchev–Trinajstić information content (AvgIpc) is 2.90. The first-order valence-electron chi connectivity index (χ1n) is 6.26. The quantitative estimate of drug-likeness (QED) is 0.505. The zero-order valence-corrected chi connectivity index (χ0v) is 10.2. The Morgan fingerprint density at radius 1 is 1.44 bits per heavy atom. The average molecular weight is 244 g/mol. The lowest BCUT2D eigenvalue weighted by Gasteiger charge is -2.21. The number of esters is 1. The standard InChI is InChI=1S/C14H16N2O2/c15-10-11(9-12-5-4-8-16-12)14(17)18-13-6-2-1-3-7-13/h4-5,8-9,13,16H,1-3,6-7H2/b11-9+. The molecule has 4 heteroatoms. The van der Waals surface area contributed by atoms with Gasteiger partial charge >= 0.3 is 5.97 Å². The summed E-state index contributed by atoms with van der Waals surface area (Å²) in [5.74, 6) is -0.515. The summed E-state index contributed by atoms with van der Waals surface area (Å²) in [5, 5.41) is 8.99. The van der Waals surface area contributed by atoms with E-state index in [1.165, 1.54) is 12.5 Å². The number of aromatic amines is 1. The summed E-state index contributed by atoms with van der Waals surface area (Å²) in [6, 6.07) is 5.51. The summed E-state index contributed by atoms with van der Waals surface area (Å²) in [6.07, 6.45) is 8.46. The molecule has 1 saturated carbocycles. The van der Waals surface area contributed by atoms with Crippen LogP contribution in [0.25, 0.3) is 6.08 Å². The topological polar surface area (TPSA) is 65.9 Å². The van der Waals surface area contributed by atoms with Crippen LogP contribution in [0.15, 0.2) is 23.9 Å². The van der Waals surface area contributed by atoms with Gasteiger partial charge in [-0.25, -0.2) is 4.79 Å². The molecule has 0 amide bonds.